The van der Waals surface area contributed by atoms with Crippen molar-refractivity contribution in [1.29, 1.82) is 0 Å². The van der Waals surface area contributed by atoms with E-state index in [-0.39, 0.29) is 5.78 Å². The Morgan fingerprint density at radius 3 is 1.54 bits per heavy atom. The first kappa shape index (κ1) is 27.7. The fraction of sp³-hybridized carbons (Fsp3) is 0.696. The Labute approximate surface area is 153 Å². The van der Waals surface area contributed by atoms with Gasteiger partial charge in [0.15, 0.2) is 0 Å². The van der Waals surface area contributed by atoms with Crippen molar-refractivity contribution in [2.45, 2.75) is 95.4 Å². The predicted molar refractivity (Wildman–Crippen MR) is 112 cm³/mol. The maximum Gasteiger partial charge on any atom is 0.126 e. The molecule has 0 fully saturated rings. The molecule has 0 aliphatic rings. The smallest absolute Gasteiger partial charge is 0.126 e. The third-order valence-corrected chi connectivity index (χ3v) is 2.85. The highest BCUT2D eigenvalue weighted by Crippen LogP contribution is 2.09. The minimum Gasteiger partial charge on any atom is -0.300 e. The molecular weight excluding hydrogens is 292 g/mol. The molecule has 0 bridgehead atoms. The van der Waals surface area contributed by atoms with E-state index in [4.69, 9.17) is 0 Å². The van der Waals surface area contributed by atoms with Gasteiger partial charge in [-0.15, -0.1) is 0 Å². The number of Topliss-reactive ketones (excluding diaryl/α,β-unsaturated/α-hetero) is 1. The molecule has 0 radical (unpaired) electrons. The number of rotatable bonds is 3. The zero-order valence-corrected chi connectivity index (χ0v) is 18.4. The number of ketones is 1. The van der Waals surface area contributed by atoms with Gasteiger partial charge in [-0.05, 0) is 62.6 Å². The zero-order chi connectivity index (χ0) is 19.7. The summed E-state index contributed by atoms with van der Waals surface area (Å²) in [6.45, 7) is 22.8. The van der Waals surface area contributed by atoms with Gasteiger partial charge in [0.25, 0.3) is 0 Å². The Kier molecular flexibility index (Phi) is 21.1. The topological polar surface area (TPSA) is 17.1 Å². The molecule has 142 valence electrons. The average Bonchev–Trinajstić information content (AvgIpc) is 2.41. The minimum atomic E-state index is 0.167. The van der Waals surface area contributed by atoms with E-state index < -0.39 is 0 Å². The number of hydrogen-bond acceptors (Lipinski definition) is 1. The maximum atomic E-state index is 9.44. The summed E-state index contributed by atoms with van der Waals surface area (Å²) >= 11 is 0. The molecule has 0 aliphatic heterocycles. The lowest BCUT2D eigenvalue weighted by Gasteiger charge is -2.01. The molecular formula is C23H44O. The summed E-state index contributed by atoms with van der Waals surface area (Å²) in [7, 11) is 0. The molecule has 0 aromatic heterocycles. The molecule has 0 atom stereocenters. The van der Waals surface area contributed by atoms with Gasteiger partial charge in [0.1, 0.15) is 5.78 Å². The molecule has 1 aromatic rings. The number of aryl methyl sites for hydroxylation is 3. The van der Waals surface area contributed by atoms with Crippen molar-refractivity contribution in [3.8, 4) is 0 Å². The highest BCUT2D eigenvalue weighted by atomic mass is 16.1. The van der Waals surface area contributed by atoms with Crippen molar-refractivity contribution < 1.29 is 4.79 Å². The van der Waals surface area contributed by atoms with E-state index in [2.05, 4.69) is 80.5 Å². The molecule has 0 saturated carbocycles. The van der Waals surface area contributed by atoms with Gasteiger partial charge in [-0.2, -0.15) is 0 Å². The van der Waals surface area contributed by atoms with Gasteiger partial charge in [0.2, 0.25) is 0 Å². The van der Waals surface area contributed by atoms with E-state index in [1.54, 1.807) is 0 Å². The average molecular weight is 337 g/mol. The highest BCUT2D eigenvalue weighted by molar-refractivity contribution is 5.72. The second-order valence-electron chi connectivity index (χ2n) is 7.59. The Hall–Kier alpha value is -1.11. The molecule has 1 nitrogen and oxygen atoms in total. The third kappa shape index (κ3) is 29.0. The first-order valence-corrected chi connectivity index (χ1v) is 9.50. The normalized spacial score (nSPS) is 9.21. The van der Waals surface area contributed by atoms with Gasteiger partial charge in [-0.25, -0.2) is 0 Å². The van der Waals surface area contributed by atoms with Gasteiger partial charge >= 0.3 is 0 Å². The van der Waals surface area contributed by atoms with Crippen LogP contribution in [0.15, 0.2) is 18.2 Å². The van der Waals surface area contributed by atoms with Crippen LogP contribution < -0.4 is 0 Å². The van der Waals surface area contributed by atoms with E-state index in [1.807, 2.05) is 0 Å². The summed E-state index contributed by atoms with van der Waals surface area (Å²) < 4.78 is 0. The van der Waals surface area contributed by atoms with E-state index in [0.717, 1.165) is 18.3 Å². The Bertz CT molecular complexity index is 396. The van der Waals surface area contributed by atoms with Crippen LogP contribution in [0, 0.1) is 25.7 Å². The Morgan fingerprint density at radius 2 is 1.33 bits per heavy atom. The first-order valence-electron chi connectivity index (χ1n) is 9.50. The molecule has 1 rings (SSSR count). The van der Waals surface area contributed by atoms with Gasteiger partial charge in [-0.3, -0.25) is 0 Å². The molecule has 24 heavy (non-hydrogen) atoms. The first-order chi connectivity index (χ1) is 11.0. The van der Waals surface area contributed by atoms with Gasteiger partial charge in [0.05, 0.1) is 0 Å². The third-order valence-electron chi connectivity index (χ3n) is 2.85. The summed E-state index contributed by atoms with van der Waals surface area (Å²) in [4.78, 5) is 9.44. The molecule has 0 saturated heterocycles. The van der Waals surface area contributed by atoms with Gasteiger partial charge < -0.3 is 4.79 Å². The quantitative estimate of drug-likeness (QED) is 0.556. The fourth-order valence-electron chi connectivity index (χ4n) is 1.60. The number of benzene rings is 1. The molecule has 0 aliphatic carbocycles. The lowest BCUT2D eigenvalue weighted by molar-refractivity contribution is -0.114. The van der Waals surface area contributed by atoms with E-state index >= 15 is 0 Å². The van der Waals surface area contributed by atoms with Crippen LogP contribution in [-0.4, -0.2) is 5.78 Å². The lowest BCUT2D eigenvalue weighted by Crippen LogP contribution is -1.84. The maximum absolute atomic E-state index is 9.44. The Morgan fingerprint density at radius 1 is 0.917 bits per heavy atom. The number of hydrogen-bond donors (Lipinski definition) is 0. The summed E-state index contributed by atoms with van der Waals surface area (Å²) in [5.41, 5.74) is 4.22. The summed E-state index contributed by atoms with van der Waals surface area (Å²) in [5, 5.41) is 0. The van der Waals surface area contributed by atoms with Crippen LogP contribution in [0.4, 0.5) is 0 Å². The van der Waals surface area contributed by atoms with Crippen molar-refractivity contribution in [3.63, 3.8) is 0 Å². The van der Waals surface area contributed by atoms with E-state index in [1.165, 1.54) is 43.4 Å². The second-order valence-corrected chi connectivity index (χ2v) is 7.59. The van der Waals surface area contributed by atoms with Crippen molar-refractivity contribution in [3.05, 3.63) is 34.9 Å². The molecule has 1 aromatic carbocycles. The van der Waals surface area contributed by atoms with Crippen LogP contribution in [0.2, 0.25) is 0 Å². The van der Waals surface area contributed by atoms with Crippen LogP contribution in [0.25, 0.3) is 0 Å². The van der Waals surface area contributed by atoms with Crippen molar-refractivity contribution in [1.82, 2.24) is 0 Å². The largest absolute Gasteiger partial charge is 0.300 e. The van der Waals surface area contributed by atoms with Crippen LogP contribution >= 0.6 is 0 Å². The predicted octanol–water partition coefficient (Wildman–Crippen LogP) is 7.57. The van der Waals surface area contributed by atoms with Gasteiger partial charge in [-0.1, -0.05) is 79.5 Å². The number of carbonyl (C=O) groups is 1. The molecule has 1 heteroatoms. The lowest BCUT2D eigenvalue weighted by atomic mass is 10.1. The summed E-state index contributed by atoms with van der Waals surface area (Å²) in [6, 6.07) is 6.64. The van der Waals surface area contributed by atoms with Crippen LogP contribution in [0.5, 0.6) is 0 Å². The monoisotopic (exact) mass is 336 g/mol. The van der Waals surface area contributed by atoms with E-state index in [0.29, 0.717) is 0 Å². The summed E-state index contributed by atoms with van der Waals surface area (Å²) in [6.07, 6.45) is 3.85. The van der Waals surface area contributed by atoms with Gasteiger partial charge in [0, 0.05) is 0 Å². The van der Waals surface area contributed by atoms with Crippen LogP contribution in [0.1, 0.15) is 91.8 Å². The molecule has 0 unspecified atom stereocenters. The van der Waals surface area contributed by atoms with Crippen molar-refractivity contribution >= 4 is 5.78 Å². The standard InChI is InChI=1S/C10H14.C6H14.C4H10.C3H6O/c1-4-10-6-5-8(2)9(3)7-10;1-4-5-6(2)3;1-4(2)3;1-3(2)4/h5-7H,4H2,1-3H3;6H,4-5H2,1-3H3;4H,1-3H3;1-2H3. The molecule has 0 amide bonds. The SMILES string of the molecule is CC(C)=O.CC(C)C.CCCC(C)C.CCc1ccc(C)c(C)c1. The number of carbonyl (C=O) groups excluding carboxylic acids is 1. The summed E-state index contributed by atoms with van der Waals surface area (Å²) in [5.74, 6) is 1.90. The van der Waals surface area contributed by atoms with Crippen molar-refractivity contribution in [2.24, 2.45) is 11.8 Å². The Balaban J connectivity index is -0.000000271. The van der Waals surface area contributed by atoms with E-state index in [9.17, 15) is 4.79 Å². The molecule has 0 N–H and O–H groups in total. The second kappa shape index (κ2) is 18.2. The zero-order valence-electron chi connectivity index (χ0n) is 18.4. The fourth-order valence-corrected chi connectivity index (χ4v) is 1.60. The van der Waals surface area contributed by atoms with Crippen LogP contribution in [-0.2, 0) is 11.2 Å². The van der Waals surface area contributed by atoms with Crippen molar-refractivity contribution in [2.75, 3.05) is 0 Å². The molecule has 0 heterocycles. The highest BCUT2D eigenvalue weighted by Gasteiger charge is 1.92. The minimum absolute atomic E-state index is 0.167. The molecule has 0 spiro atoms. The van der Waals surface area contributed by atoms with Crippen LogP contribution in [0.3, 0.4) is 0 Å².